The molecule has 9 aliphatic rings. The molecule has 0 amide bonds. The zero-order valence-corrected chi connectivity index (χ0v) is 56.6. The van der Waals surface area contributed by atoms with Crippen molar-refractivity contribution < 1.29 is 70.5 Å². The number of carbonyl (C=O) groups excluding carboxylic acids is 2. The lowest BCUT2D eigenvalue weighted by molar-refractivity contribution is -0.142. The Morgan fingerprint density at radius 3 is 1.42 bits per heavy atom. The first-order valence-electron chi connectivity index (χ1n) is 34.6. The zero-order chi connectivity index (χ0) is 65.6. The van der Waals surface area contributed by atoms with Crippen LogP contribution in [0.5, 0.6) is 46.0 Å². The van der Waals surface area contributed by atoms with Crippen LogP contribution < -0.4 is 28.4 Å². The highest BCUT2D eigenvalue weighted by atomic mass is 79.9. The van der Waals surface area contributed by atoms with E-state index in [-0.39, 0.29) is 48.3 Å². The molecule has 6 aromatic carbocycles. The van der Waals surface area contributed by atoms with Crippen LogP contribution in [0.15, 0.2) is 126 Å². The van der Waals surface area contributed by atoms with Gasteiger partial charge in [0.15, 0.2) is 0 Å². The molecule has 0 N–H and O–H groups in total. The number of hydrogen-bond acceptors (Lipinski definition) is 13. The van der Waals surface area contributed by atoms with Gasteiger partial charge in [-0.05, 0) is 161 Å². The number of carbonyl (C=O) groups is 2. The summed E-state index contributed by atoms with van der Waals surface area (Å²) in [6, 6.07) is 33.2. The van der Waals surface area contributed by atoms with E-state index in [1.54, 1.807) is 44.1 Å². The Kier molecular flexibility index (Phi) is 23.6. The molecule has 6 aromatic rings. The van der Waals surface area contributed by atoms with Gasteiger partial charge in [0.05, 0.1) is 53.5 Å². The predicted molar refractivity (Wildman–Crippen MR) is 365 cm³/mol. The van der Waals surface area contributed by atoms with Crippen LogP contribution in [0.4, 0.5) is 8.78 Å². The molecular weight excluding hydrogens is 1270 g/mol. The molecule has 0 aromatic heterocycles. The molecule has 0 spiro atoms. The predicted octanol–water partition coefficient (Wildman–Crippen LogP) is 18.5. The molecule has 4 atom stereocenters. The van der Waals surface area contributed by atoms with Crippen molar-refractivity contribution >= 4 is 34.6 Å². The van der Waals surface area contributed by atoms with Gasteiger partial charge >= 0.3 is 11.9 Å². The van der Waals surface area contributed by atoms with E-state index in [0.717, 1.165) is 128 Å². The third kappa shape index (κ3) is 17.6. The van der Waals surface area contributed by atoms with Gasteiger partial charge in [0, 0.05) is 88.2 Å². The lowest BCUT2D eigenvalue weighted by Gasteiger charge is -2.42. The third-order valence-corrected chi connectivity index (χ3v) is 21.3. The molecule has 0 unspecified atom stereocenters. The minimum atomic E-state index is -0.421. The van der Waals surface area contributed by atoms with E-state index in [9.17, 15) is 14.0 Å². The van der Waals surface area contributed by atoms with E-state index in [1.807, 2.05) is 72.8 Å². The van der Waals surface area contributed by atoms with Gasteiger partial charge < -0.3 is 52.1 Å². The summed E-state index contributed by atoms with van der Waals surface area (Å²) in [4.78, 5) is 23.3. The summed E-state index contributed by atoms with van der Waals surface area (Å²) < 4.78 is 92.7. The Hall–Kier alpha value is -6.92. The molecule has 5 saturated heterocycles. The minimum absolute atomic E-state index is 0.0375. The first kappa shape index (κ1) is 68.0. The van der Waals surface area contributed by atoms with Gasteiger partial charge in [0.1, 0.15) is 76.6 Å². The number of ether oxygens (including phenoxy) is 11. The van der Waals surface area contributed by atoms with Gasteiger partial charge in [-0.15, -0.1) is 0 Å². The normalized spacial score (nSPS) is 22.4. The molecule has 0 saturated carbocycles. The van der Waals surface area contributed by atoms with Gasteiger partial charge in [-0.25, -0.2) is 8.78 Å². The first-order chi connectivity index (χ1) is 46.4. The topological polar surface area (TPSA) is 136 Å². The van der Waals surface area contributed by atoms with E-state index in [0.29, 0.717) is 96.2 Å². The molecule has 95 heavy (non-hydrogen) atoms. The number of halogens is 3. The van der Waals surface area contributed by atoms with E-state index in [1.165, 1.54) is 63.2 Å². The fourth-order valence-electron chi connectivity index (χ4n) is 15.6. The van der Waals surface area contributed by atoms with E-state index >= 15 is 4.39 Å². The van der Waals surface area contributed by atoms with Crippen LogP contribution in [0.1, 0.15) is 166 Å². The maximum absolute atomic E-state index is 15.1. The number of hydrogen-bond donors (Lipinski definition) is 0. The van der Waals surface area contributed by atoms with Gasteiger partial charge in [0.25, 0.3) is 0 Å². The Morgan fingerprint density at radius 1 is 0.526 bits per heavy atom. The van der Waals surface area contributed by atoms with Crippen LogP contribution in [0, 0.1) is 23.5 Å². The number of esters is 2. The number of rotatable bonds is 16. The Morgan fingerprint density at radius 2 is 0.968 bits per heavy atom. The number of methoxy groups -OCH3 is 2. The monoisotopic (exact) mass is 1360 g/mol. The van der Waals surface area contributed by atoms with Crippen LogP contribution in [-0.4, -0.2) is 85.7 Å². The van der Waals surface area contributed by atoms with Crippen molar-refractivity contribution in [1.29, 1.82) is 0 Å². The molecule has 2 bridgehead atoms. The molecule has 0 radical (unpaired) electrons. The average molecular weight is 1360 g/mol. The summed E-state index contributed by atoms with van der Waals surface area (Å²) >= 11 is 3.41. The minimum Gasteiger partial charge on any atom is -0.492 e. The van der Waals surface area contributed by atoms with Gasteiger partial charge in [0.2, 0.25) is 0 Å². The highest BCUT2D eigenvalue weighted by Gasteiger charge is 2.41. The summed E-state index contributed by atoms with van der Waals surface area (Å²) in [6.07, 6.45) is 21.2. The van der Waals surface area contributed by atoms with Gasteiger partial charge in [-0.1, -0.05) is 109 Å². The Balaban J connectivity index is 0.000000138. The molecule has 17 heteroatoms. The first-order valence-corrected chi connectivity index (χ1v) is 35.4. The van der Waals surface area contributed by atoms with Gasteiger partial charge in [-0.2, -0.15) is 0 Å². The van der Waals surface area contributed by atoms with E-state index < -0.39 is 12.2 Å². The van der Waals surface area contributed by atoms with E-state index in [4.69, 9.17) is 52.1 Å². The summed E-state index contributed by atoms with van der Waals surface area (Å²) in [5.41, 5.74) is 7.31. The smallest absolute Gasteiger partial charge is 0.306 e. The van der Waals surface area contributed by atoms with Crippen molar-refractivity contribution in [2.75, 3.05) is 67.1 Å². The molecule has 7 heterocycles. The third-order valence-electron chi connectivity index (χ3n) is 20.8. The summed E-state index contributed by atoms with van der Waals surface area (Å²) in [5, 5.41) is 0. The highest BCUT2D eigenvalue weighted by Crippen LogP contribution is 2.50. The Bertz CT molecular complexity index is 3540. The average Bonchev–Trinajstić information content (AvgIpc) is 1.58. The van der Waals surface area contributed by atoms with Crippen LogP contribution in [0.2, 0.25) is 18.0 Å². The Labute approximate surface area is 567 Å². The van der Waals surface area contributed by atoms with Crippen LogP contribution in [-0.2, 0) is 52.5 Å². The molecule has 504 valence electrons. The van der Waals surface area contributed by atoms with Crippen molar-refractivity contribution in [3.05, 3.63) is 176 Å². The second-order valence-electron chi connectivity index (χ2n) is 26.9. The second kappa shape index (κ2) is 32.9. The highest BCUT2D eigenvalue weighted by molar-refractivity contribution is 9.10. The molecule has 13 nitrogen and oxygen atoms in total. The fraction of sp³-hybridized carbons (Fsp3) is 0.487. The number of benzene rings is 6. The number of fused-ring (bicyclic) bond motifs is 6. The lowest BCUT2D eigenvalue weighted by Crippen LogP contribution is -2.36. The molecular formula is C78H90BBrF2O13. The SMILES string of the molecule is C1CC2CCCC(C1)B2CC1CCOCC1.C=C1CCOCC1.COC(=O)C[C@@H]1COc2cc(O[C@@H]3CCc4c(Oc5ccc(Br)cc5)ccc(F)c43)ccc21.COC(=O)C[C@@H]1COc2cc(O[C@@H]3CCc4c(Oc5ccc(CC6CCOCC6)cc5)ccc(F)c43)ccc21. The van der Waals surface area contributed by atoms with Crippen LogP contribution in [0.3, 0.4) is 0 Å². The standard InChI is InChI=1S/C32H33FO6.C26H22BrFO5.C14H25BO.C6H10O/c1-35-31(34)17-22-19-37-30-18-24(6-7-25(22)30)39-29-10-8-26-28(11-9-27(33)32(26)29)38-23-4-2-20(3-5-23)16-21-12-14-36-15-13-21;1-30-25(29)12-15-14-31-24-13-18(6-7-19(15)24)33-23-10-8-20-22(11-9-21(28)26(20)23)32-17-4-2-16(27)3-5-17;1-3-13-5-2-6-14(4-1)15(13)11-12-7-9-16-10-8-12;1-6-2-4-7-5-3-6/h2-7,9,11,18,21-22,29H,8,10,12-17,19H2,1H3;2-7,9,11,13,15,23H,8,10,12,14H2,1H3;12-14H,1-11H2;1-5H2/t22-,29-;15-,23-;;/m11../s1. The summed E-state index contributed by atoms with van der Waals surface area (Å²) in [5.74, 6) is 8.00. The quantitative estimate of drug-likeness (QED) is 0.0517. The zero-order valence-electron chi connectivity index (χ0n) is 55.0. The summed E-state index contributed by atoms with van der Waals surface area (Å²) in [7, 11) is 2.76. The molecule has 15 rings (SSSR count). The largest absolute Gasteiger partial charge is 0.492 e. The molecule has 2 aliphatic carbocycles. The fourth-order valence-corrected chi connectivity index (χ4v) is 15.8. The van der Waals surface area contributed by atoms with Crippen molar-refractivity contribution in [2.24, 2.45) is 11.8 Å². The van der Waals surface area contributed by atoms with Crippen molar-refractivity contribution in [1.82, 2.24) is 0 Å². The molecule has 7 aliphatic heterocycles. The van der Waals surface area contributed by atoms with Gasteiger partial charge in [-0.3, -0.25) is 9.59 Å². The lowest BCUT2D eigenvalue weighted by atomic mass is 9.25. The van der Waals surface area contributed by atoms with Crippen molar-refractivity contribution in [3.63, 3.8) is 0 Å². The maximum atomic E-state index is 15.1. The van der Waals surface area contributed by atoms with Crippen molar-refractivity contribution in [2.45, 2.75) is 164 Å². The molecule has 5 fully saturated rings. The van der Waals surface area contributed by atoms with E-state index in [2.05, 4.69) is 34.6 Å². The second-order valence-corrected chi connectivity index (χ2v) is 27.8. The van der Waals surface area contributed by atoms with Crippen LogP contribution >= 0.6 is 15.9 Å². The van der Waals surface area contributed by atoms with Crippen LogP contribution in [0.25, 0.3) is 0 Å². The summed E-state index contributed by atoms with van der Waals surface area (Å²) in [6.45, 7) is 11.3. The van der Waals surface area contributed by atoms with Crippen molar-refractivity contribution in [3.8, 4) is 46.0 Å². The maximum Gasteiger partial charge on any atom is 0.306 e.